The number of rotatable bonds is 9. The van der Waals surface area contributed by atoms with Crippen LogP contribution >= 0.6 is 0 Å². The fraction of sp³-hybridized carbons (Fsp3) is 0.350. The van der Waals surface area contributed by atoms with Gasteiger partial charge in [-0.15, -0.1) is 0 Å². The van der Waals surface area contributed by atoms with Crippen LogP contribution in [0.25, 0.3) is 0 Å². The second-order valence-electron chi connectivity index (χ2n) is 5.62. The maximum Gasteiger partial charge on any atom is 0.224 e. The van der Waals surface area contributed by atoms with Crippen molar-refractivity contribution in [3.63, 3.8) is 0 Å². The van der Waals surface area contributed by atoms with Crippen molar-refractivity contribution < 1.29 is 14.3 Å². The second-order valence-corrected chi connectivity index (χ2v) is 5.62. The highest BCUT2D eigenvalue weighted by molar-refractivity contribution is 5.78. The highest BCUT2D eigenvalue weighted by Crippen LogP contribution is 2.13. The van der Waals surface area contributed by atoms with Crippen LogP contribution in [0.3, 0.4) is 0 Å². The molecule has 0 aliphatic rings. The van der Waals surface area contributed by atoms with Crippen LogP contribution in [-0.2, 0) is 17.6 Å². The first-order chi connectivity index (χ1) is 11.7. The largest absolute Gasteiger partial charge is 0.497 e. The Morgan fingerprint density at radius 2 is 1.58 bits per heavy atom. The van der Waals surface area contributed by atoms with Gasteiger partial charge in [-0.05, 0) is 41.8 Å². The molecule has 4 nitrogen and oxygen atoms in total. The third-order valence-corrected chi connectivity index (χ3v) is 3.68. The van der Waals surface area contributed by atoms with Crippen molar-refractivity contribution in [3.05, 3.63) is 59.7 Å². The number of aryl methyl sites for hydroxylation is 1. The number of methoxy groups -OCH3 is 1. The molecule has 0 aromatic heterocycles. The highest BCUT2D eigenvalue weighted by atomic mass is 16.5. The van der Waals surface area contributed by atoms with Crippen LogP contribution in [0.1, 0.15) is 24.5 Å². The van der Waals surface area contributed by atoms with Gasteiger partial charge in [-0.25, -0.2) is 0 Å². The minimum Gasteiger partial charge on any atom is -0.497 e. The lowest BCUT2D eigenvalue weighted by Crippen LogP contribution is -2.29. The summed E-state index contributed by atoms with van der Waals surface area (Å²) in [7, 11) is 1.62. The summed E-state index contributed by atoms with van der Waals surface area (Å²) in [5, 5.41) is 2.87. The van der Waals surface area contributed by atoms with Gasteiger partial charge in [0.15, 0.2) is 0 Å². The molecular formula is C20H25NO3. The molecule has 2 aromatic rings. The van der Waals surface area contributed by atoms with Gasteiger partial charge >= 0.3 is 0 Å². The van der Waals surface area contributed by atoms with Crippen molar-refractivity contribution in [3.8, 4) is 11.5 Å². The molecule has 0 spiro atoms. The number of hydrogen-bond donors (Lipinski definition) is 1. The Labute approximate surface area is 143 Å². The predicted molar refractivity (Wildman–Crippen MR) is 95.6 cm³/mol. The van der Waals surface area contributed by atoms with Crippen molar-refractivity contribution in [2.45, 2.75) is 26.2 Å². The summed E-state index contributed by atoms with van der Waals surface area (Å²) >= 11 is 0. The smallest absolute Gasteiger partial charge is 0.224 e. The summed E-state index contributed by atoms with van der Waals surface area (Å²) in [5.41, 5.74) is 2.28. The van der Waals surface area contributed by atoms with E-state index in [1.807, 2.05) is 36.4 Å². The van der Waals surface area contributed by atoms with E-state index in [9.17, 15) is 4.79 Å². The molecule has 1 amide bonds. The first-order valence-corrected chi connectivity index (χ1v) is 8.32. The number of ether oxygens (including phenoxy) is 2. The molecule has 0 saturated heterocycles. The van der Waals surface area contributed by atoms with Crippen molar-refractivity contribution in [2.24, 2.45) is 0 Å². The average molecular weight is 327 g/mol. The number of hydrogen-bond acceptors (Lipinski definition) is 3. The van der Waals surface area contributed by atoms with E-state index >= 15 is 0 Å². The highest BCUT2D eigenvalue weighted by Gasteiger charge is 2.03. The first-order valence-electron chi connectivity index (χ1n) is 8.32. The molecule has 2 rings (SSSR count). The van der Waals surface area contributed by atoms with Crippen LogP contribution in [-0.4, -0.2) is 26.2 Å². The third-order valence-electron chi connectivity index (χ3n) is 3.68. The van der Waals surface area contributed by atoms with Crippen molar-refractivity contribution in [2.75, 3.05) is 20.3 Å². The summed E-state index contributed by atoms with van der Waals surface area (Å²) in [6.45, 7) is 3.12. The second kappa shape index (κ2) is 9.60. The van der Waals surface area contributed by atoms with Crippen LogP contribution in [0, 0.1) is 0 Å². The number of carbonyl (C=O) groups is 1. The van der Waals surface area contributed by atoms with Gasteiger partial charge in [0.2, 0.25) is 5.91 Å². The number of carbonyl (C=O) groups excluding carboxylic acids is 1. The molecule has 2 aromatic carbocycles. The lowest BCUT2D eigenvalue weighted by Gasteiger charge is -2.09. The topological polar surface area (TPSA) is 47.6 Å². The van der Waals surface area contributed by atoms with Crippen LogP contribution in [0.15, 0.2) is 48.5 Å². The molecule has 24 heavy (non-hydrogen) atoms. The fourth-order valence-electron chi connectivity index (χ4n) is 2.39. The molecule has 4 heteroatoms. The molecule has 1 N–H and O–H groups in total. The van der Waals surface area contributed by atoms with E-state index < -0.39 is 0 Å². The predicted octanol–water partition coefficient (Wildman–Crippen LogP) is 3.39. The van der Waals surface area contributed by atoms with Gasteiger partial charge in [0.05, 0.1) is 20.1 Å². The Balaban J connectivity index is 1.66. The molecule has 0 atom stereocenters. The van der Waals surface area contributed by atoms with Crippen LogP contribution < -0.4 is 14.8 Å². The zero-order chi connectivity index (χ0) is 17.2. The van der Waals surface area contributed by atoms with E-state index in [0.717, 1.165) is 29.9 Å². The Morgan fingerprint density at radius 3 is 2.21 bits per heavy atom. The van der Waals surface area contributed by atoms with Gasteiger partial charge in [-0.1, -0.05) is 37.6 Å². The summed E-state index contributed by atoms with van der Waals surface area (Å²) in [6, 6.07) is 15.6. The Kier molecular flexibility index (Phi) is 7.15. The summed E-state index contributed by atoms with van der Waals surface area (Å²) in [4.78, 5) is 11.9. The van der Waals surface area contributed by atoms with Crippen LogP contribution in [0.5, 0.6) is 11.5 Å². The molecular weight excluding hydrogens is 302 g/mol. The fourth-order valence-corrected chi connectivity index (χ4v) is 2.39. The average Bonchev–Trinajstić information content (AvgIpc) is 2.61. The quantitative estimate of drug-likeness (QED) is 0.718. The van der Waals surface area contributed by atoms with Gasteiger partial charge in [0.25, 0.3) is 0 Å². The van der Waals surface area contributed by atoms with E-state index in [-0.39, 0.29) is 5.91 Å². The lowest BCUT2D eigenvalue weighted by atomic mass is 10.1. The molecule has 0 heterocycles. The third kappa shape index (κ3) is 5.95. The van der Waals surface area contributed by atoms with Gasteiger partial charge in [0, 0.05) is 0 Å². The molecule has 0 radical (unpaired) electrons. The van der Waals surface area contributed by atoms with E-state index in [0.29, 0.717) is 19.6 Å². The van der Waals surface area contributed by atoms with E-state index in [1.165, 1.54) is 5.56 Å². The monoisotopic (exact) mass is 327 g/mol. The number of nitrogens with one attached hydrogen (secondary N) is 1. The summed E-state index contributed by atoms with van der Waals surface area (Å²) in [6.07, 6.45) is 2.58. The number of benzene rings is 2. The molecule has 0 unspecified atom stereocenters. The van der Waals surface area contributed by atoms with Gasteiger partial charge < -0.3 is 14.8 Å². The van der Waals surface area contributed by atoms with Gasteiger partial charge in [-0.3, -0.25) is 4.79 Å². The maximum atomic E-state index is 11.9. The van der Waals surface area contributed by atoms with Crippen molar-refractivity contribution in [1.82, 2.24) is 5.32 Å². The molecule has 0 bridgehead atoms. The minimum atomic E-state index is -0.0120. The van der Waals surface area contributed by atoms with E-state index in [2.05, 4.69) is 24.4 Å². The normalized spacial score (nSPS) is 10.2. The lowest BCUT2D eigenvalue weighted by molar-refractivity contribution is -0.120. The van der Waals surface area contributed by atoms with Crippen molar-refractivity contribution in [1.29, 1.82) is 0 Å². The van der Waals surface area contributed by atoms with Crippen LogP contribution in [0.2, 0.25) is 0 Å². The molecule has 0 aliphatic heterocycles. The zero-order valence-corrected chi connectivity index (χ0v) is 14.4. The molecule has 0 aliphatic carbocycles. The Bertz CT molecular complexity index is 620. The standard InChI is InChI=1S/C20H25NO3/c1-3-4-16-5-11-19(12-6-16)24-14-13-21-20(22)15-17-7-9-18(23-2)10-8-17/h5-12H,3-4,13-15H2,1-2H3,(H,21,22). The van der Waals surface area contributed by atoms with E-state index in [4.69, 9.17) is 9.47 Å². The summed E-state index contributed by atoms with van der Waals surface area (Å²) < 4.78 is 10.7. The maximum absolute atomic E-state index is 11.9. The molecule has 0 fully saturated rings. The Hall–Kier alpha value is -2.49. The molecule has 128 valence electrons. The number of amides is 1. The zero-order valence-electron chi connectivity index (χ0n) is 14.4. The Morgan fingerprint density at radius 1 is 0.958 bits per heavy atom. The summed E-state index contributed by atoms with van der Waals surface area (Å²) in [5.74, 6) is 1.61. The SMILES string of the molecule is CCCc1ccc(OCCNC(=O)Cc2ccc(OC)cc2)cc1. The molecule has 0 saturated carbocycles. The van der Waals surface area contributed by atoms with Gasteiger partial charge in [-0.2, -0.15) is 0 Å². The van der Waals surface area contributed by atoms with Crippen molar-refractivity contribution >= 4 is 5.91 Å². The van der Waals surface area contributed by atoms with Crippen LogP contribution in [0.4, 0.5) is 0 Å². The van der Waals surface area contributed by atoms with E-state index in [1.54, 1.807) is 7.11 Å². The minimum absolute atomic E-state index is 0.0120. The van der Waals surface area contributed by atoms with Gasteiger partial charge in [0.1, 0.15) is 18.1 Å². The first kappa shape index (κ1) is 17.9.